The first kappa shape index (κ1) is 13.4. The number of carbonyl (C=O) groups excluding carboxylic acids is 2. The summed E-state index contributed by atoms with van der Waals surface area (Å²) in [6, 6.07) is 0. The van der Waals surface area contributed by atoms with E-state index in [1.807, 2.05) is 11.8 Å². The summed E-state index contributed by atoms with van der Waals surface area (Å²) in [6.07, 6.45) is 6.32. The highest BCUT2D eigenvalue weighted by molar-refractivity contribution is 5.83. The molecule has 0 aromatic rings. The van der Waals surface area contributed by atoms with Crippen molar-refractivity contribution in [3.8, 4) is 0 Å². The maximum Gasteiger partial charge on any atom is 0.410 e. The topological polar surface area (TPSA) is 49.9 Å². The Hall–Kier alpha value is -1.26. The lowest BCUT2D eigenvalue weighted by molar-refractivity contribution is -0.137. The number of piperidine rings is 1. The fraction of sp³-hybridized carbons (Fsp3) is 0.875. The number of carbonyl (C=O) groups is 2. The van der Waals surface area contributed by atoms with Gasteiger partial charge in [0.25, 0.3) is 0 Å². The van der Waals surface area contributed by atoms with Gasteiger partial charge >= 0.3 is 6.09 Å². The second-order valence-corrected chi connectivity index (χ2v) is 7.36. The van der Waals surface area contributed by atoms with Gasteiger partial charge in [0, 0.05) is 38.4 Å². The van der Waals surface area contributed by atoms with E-state index >= 15 is 0 Å². The van der Waals surface area contributed by atoms with Crippen LogP contribution in [-0.2, 0) is 9.53 Å². The predicted octanol–water partition coefficient (Wildman–Crippen LogP) is 2.01. The van der Waals surface area contributed by atoms with Crippen molar-refractivity contribution in [1.82, 2.24) is 9.80 Å². The molecule has 4 fully saturated rings. The molecular formula is C16H24N2O3. The van der Waals surface area contributed by atoms with Gasteiger partial charge in [0.2, 0.25) is 5.91 Å². The van der Waals surface area contributed by atoms with Crippen molar-refractivity contribution in [1.29, 1.82) is 0 Å². The second kappa shape index (κ2) is 4.37. The van der Waals surface area contributed by atoms with Gasteiger partial charge in [-0.2, -0.15) is 0 Å². The number of ether oxygens (including phenoxy) is 1. The number of nitrogens with zero attached hydrogens (tertiary/aromatic N) is 2. The second-order valence-electron chi connectivity index (χ2n) is 7.36. The van der Waals surface area contributed by atoms with Crippen LogP contribution >= 0.6 is 0 Å². The summed E-state index contributed by atoms with van der Waals surface area (Å²) in [5, 5.41) is 0. The average Bonchev–Trinajstić information content (AvgIpc) is 3.14. The van der Waals surface area contributed by atoms with E-state index in [2.05, 4.69) is 0 Å². The third-order valence-corrected chi connectivity index (χ3v) is 6.25. The fourth-order valence-electron chi connectivity index (χ4n) is 4.43. The molecule has 21 heavy (non-hydrogen) atoms. The zero-order chi connectivity index (χ0) is 14.7. The van der Waals surface area contributed by atoms with Crippen LogP contribution in [0.5, 0.6) is 0 Å². The Balaban J connectivity index is 1.35. The summed E-state index contributed by atoms with van der Waals surface area (Å²) in [5.41, 5.74) is 0.0760. The van der Waals surface area contributed by atoms with Crippen LogP contribution in [0.1, 0.15) is 45.4 Å². The van der Waals surface area contributed by atoms with Gasteiger partial charge in [-0.25, -0.2) is 4.79 Å². The highest BCUT2D eigenvalue weighted by Crippen LogP contribution is 2.66. The van der Waals surface area contributed by atoms with Gasteiger partial charge in [0.15, 0.2) is 0 Å². The minimum Gasteiger partial charge on any atom is -0.441 e. The van der Waals surface area contributed by atoms with Crippen molar-refractivity contribution in [2.24, 2.45) is 11.3 Å². The van der Waals surface area contributed by atoms with Crippen molar-refractivity contribution < 1.29 is 14.3 Å². The van der Waals surface area contributed by atoms with Crippen LogP contribution in [0.2, 0.25) is 0 Å². The Morgan fingerprint density at radius 2 is 2.00 bits per heavy atom. The normalized spacial score (nSPS) is 32.2. The van der Waals surface area contributed by atoms with Gasteiger partial charge in [-0.05, 0) is 31.6 Å². The van der Waals surface area contributed by atoms with Crippen LogP contribution in [0.15, 0.2) is 0 Å². The average molecular weight is 292 g/mol. The van der Waals surface area contributed by atoms with E-state index in [0.717, 1.165) is 32.4 Å². The van der Waals surface area contributed by atoms with E-state index in [0.29, 0.717) is 30.3 Å². The maximum atomic E-state index is 12.6. The van der Waals surface area contributed by atoms with Crippen molar-refractivity contribution in [2.45, 2.75) is 51.0 Å². The van der Waals surface area contributed by atoms with Gasteiger partial charge in [0.05, 0.1) is 6.54 Å². The molecule has 0 radical (unpaired) electrons. The molecule has 0 aromatic carbocycles. The highest BCUT2D eigenvalue weighted by atomic mass is 16.6. The largest absolute Gasteiger partial charge is 0.441 e. The first-order chi connectivity index (χ1) is 10.1. The molecule has 0 N–H and O–H groups in total. The Bertz CT molecular complexity index is 478. The molecule has 2 spiro atoms. The van der Waals surface area contributed by atoms with Crippen LogP contribution in [0.3, 0.4) is 0 Å². The zero-order valence-corrected chi connectivity index (χ0v) is 12.8. The lowest BCUT2D eigenvalue weighted by Gasteiger charge is -2.38. The molecule has 2 saturated carbocycles. The third kappa shape index (κ3) is 1.96. The fourth-order valence-corrected chi connectivity index (χ4v) is 4.43. The van der Waals surface area contributed by atoms with E-state index in [9.17, 15) is 9.59 Å². The summed E-state index contributed by atoms with van der Waals surface area (Å²) < 4.78 is 5.62. The molecule has 5 nitrogen and oxygen atoms in total. The minimum atomic E-state index is -0.332. The SMILES string of the molecule is CCN1CC2(CCN(C(=O)C3CC34CCC4)CC2)OC1=O. The molecule has 5 heteroatoms. The molecule has 2 aliphatic heterocycles. The van der Waals surface area contributed by atoms with Crippen molar-refractivity contribution in [3.63, 3.8) is 0 Å². The van der Waals surface area contributed by atoms with Crippen LogP contribution in [0, 0.1) is 11.3 Å². The highest BCUT2D eigenvalue weighted by Gasteiger charge is 2.62. The summed E-state index contributed by atoms with van der Waals surface area (Å²) in [6.45, 7) is 4.86. The molecule has 2 amide bonds. The number of rotatable bonds is 2. The number of likely N-dealkylation sites (N-methyl/N-ethyl adjacent to an activating group) is 1. The lowest BCUT2D eigenvalue weighted by Crippen LogP contribution is -2.49. The quantitative estimate of drug-likeness (QED) is 0.782. The summed E-state index contributed by atoms with van der Waals surface area (Å²) in [4.78, 5) is 28.1. The molecular weight excluding hydrogens is 268 g/mol. The van der Waals surface area contributed by atoms with E-state index < -0.39 is 0 Å². The summed E-state index contributed by atoms with van der Waals surface area (Å²) >= 11 is 0. The van der Waals surface area contributed by atoms with Crippen LogP contribution in [0.4, 0.5) is 4.79 Å². The van der Waals surface area contributed by atoms with Crippen LogP contribution in [-0.4, -0.2) is 53.6 Å². The first-order valence-electron chi connectivity index (χ1n) is 8.34. The van der Waals surface area contributed by atoms with Crippen molar-refractivity contribution >= 4 is 12.0 Å². The van der Waals surface area contributed by atoms with Gasteiger partial charge in [0.1, 0.15) is 5.60 Å². The zero-order valence-electron chi connectivity index (χ0n) is 12.8. The van der Waals surface area contributed by atoms with E-state index in [4.69, 9.17) is 4.74 Å². The standard InChI is InChI=1S/C16H24N2O3/c1-2-17-11-16(21-14(17)20)6-8-18(9-7-16)13(19)12-10-15(12)4-3-5-15/h12H,2-11H2,1H3. The number of hydrogen-bond donors (Lipinski definition) is 0. The molecule has 4 rings (SSSR count). The minimum absolute atomic E-state index is 0.187. The monoisotopic (exact) mass is 292 g/mol. The number of hydrogen-bond acceptors (Lipinski definition) is 3. The van der Waals surface area contributed by atoms with Crippen LogP contribution < -0.4 is 0 Å². The molecule has 1 atom stereocenters. The summed E-state index contributed by atoms with van der Waals surface area (Å²) in [5.74, 6) is 0.666. The Morgan fingerprint density at radius 1 is 1.29 bits per heavy atom. The number of likely N-dealkylation sites (tertiary alicyclic amines) is 1. The van der Waals surface area contributed by atoms with E-state index in [1.54, 1.807) is 4.90 Å². The Kier molecular flexibility index (Phi) is 2.79. The molecule has 0 bridgehead atoms. The molecule has 2 aliphatic carbocycles. The molecule has 0 aromatic heterocycles. The van der Waals surface area contributed by atoms with Gasteiger partial charge in [-0.15, -0.1) is 0 Å². The van der Waals surface area contributed by atoms with Gasteiger partial charge in [-0.3, -0.25) is 4.79 Å². The lowest BCUT2D eigenvalue weighted by atomic mass is 9.79. The Labute approximate surface area is 125 Å². The van der Waals surface area contributed by atoms with Crippen molar-refractivity contribution in [2.75, 3.05) is 26.2 Å². The number of amides is 2. The third-order valence-electron chi connectivity index (χ3n) is 6.25. The van der Waals surface area contributed by atoms with Gasteiger partial charge < -0.3 is 14.5 Å². The van der Waals surface area contributed by atoms with Gasteiger partial charge in [-0.1, -0.05) is 6.42 Å². The van der Waals surface area contributed by atoms with Crippen LogP contribution in [0.25, 0.3) is 0 Å². The predicted molar refractivity (Wildman–Crippen MR) is 76.7 cm³/mol. The molecule has 4 aliphatic rings. The molecule has 116 valence electrons. The summed E-state index contributed by atoms with van der Waals surface area (Å²) in [7, 11) is 0. The first-order valence-corrected chi connectivity index (χ1v) is 8.34. The maximum absolute atomic E-state index is 12.6. The van der Waals surface area contributed by atoms with E-state index in [1.165, 1.54) is 19.3 Å². The molecule has 2 heterocycles. The molecule has 1 unspecified atom stereocenters. The Morgan fingerprint density at radius 3 is 2.48 bits per heavy atom. The molecule has 2 saturated heterocycles. The smallest absolute Gasteiger partial charge is 0.410 e. The van der Waals surface area contributed by atoms with Crippen molar-refractivity contribution in [3.05, 3.63) is 0 Å². The van der Waals surface area contributed by atoms with E-state index in [-0.39, 0.29) is 11.7 Å².